The van der Waals surface area contributed by atoms with E-state index in [0.717, 1.165) is 12.0 Å². The average Bonchev–Trinajstić information content (AvgIpc) is 2.81. The van der Waals surface area contributed by atoms with E-state index in [1.165, 1.54) is 11.8 Å². The third-order valence-corrected chi connectivity index (χ3v) is 3.99. The van der Waals surface area contributed by atoms with E-state index in [1.54, 1.807) is 16.2 Å². The van der Waals surface area contributed by atoms with Crippen molar-refractivity contribution < 1.29 is 22.7 Å². The Morgan fingerprint density at radius 2 is 2.32 bits per heavy atom. The quantitative estimate of drug-likeness (QED) is 0.857. The van der Waals surface area contributed by atoms with Gasteiger partial charge >= 0.3 is 6.18 Å². The van der Waals surface area contributed by atoms with Crippen molar-refractivity contribution >= 4 is 17.2 Å². The molecule has 1 aromatic heterocycles. The topological polar surface area (TPSA) is 29.5 Å². The summed E-state index contributed by atoms with van der Waals surface area (Å²) in [5, 5.41) is 1.96. The summed E-state index contributed by atoms with van der Waals surface area (Å²) in [6.45, 7) is 0.956. The molecule has 1 aliphatic heterocycles. The highest BCUT2D eigenvalue weighted by atomic mass is 32.1. The number of nitrogens with zero attached hydrogens (tertiary/aromatic N) is 1. The molecule has 0 fully saturated rings. The number of fused-ring (bicyclic) bond motifs is 1. The number of carbonyl (C=O) groups excluding carboxylic acids is 1. The van der Waals surface area contributed by atoms with Gasteiger partial charge in [0.15, 0.2) is 0 Å². The molecular weight excluding hydrogens is 279 g/mol. The number of halogens is 3. The third kappa shape index (κ3) is 3.70. The molecule has 0 saturated heterocycles. The van der Waals surface area contributed by atoms with Gasteiger partial charge in [0.25, 0.3) is 5.91 Å². The van der Waals surface area contributed by atoms with Crippen LogP contribution >= 0.6 is 11.3 Å². The number of hydrogen-bond acceptors (Lipinski definition) is 3. The molecule has 0 bridgehead atoms. The molecular formula is C12H14F3NO2S. The van der Waals surface area contributed by atoms with Crippen molar-refractivity contribution in [2.45, 2.75) is 32.2 Å². The van der Waals surface area contributed by atoms with Gasteiger partial charge in [-0.1, -0.05) is 0 Å². The zero-order chi connectivity index (χ0) is 14.0. The Hall–Kier alpha value is -1.08. The van der Waals surface area contributed by atoms with Gasteiger partial charge in [-0.3, -0.25) is 4.79 Å². The maximum absolute atomic E-state index is 12.0. The lowest BCUT2D eigenvalue weighted by atomic mass is 10.1. The lowest BCUT2D eigenvalue weighted by Crippen LogP contribution is -2.42. The predicted molar refractivity (Wildman–Crippen MR) is 64.9 cm³/mol. The molecule has 1 aromatic rings. The number of amides is 1. The van der Waals surface area contributed by atoms with E-state index >= 15 is 0 Å². The van der Waals surface area contributed by atoms with Crippen LogP contribution in [0.4, 0.5) is 13.2 Å². The van der Waals surface area contributed by atoms with Crippen LogP contribution in [0.15, 0.2) is 11.4 Å². The Balaban J connectivity index is 1.90. The van der Waals surface area contributed by atoms with Gasteiger partial charge in [-0.15, -0.1) is 11.3 Å². The molecule has 0 N–H and O–H groups in total. The van der Waals surface area contributed by atoms with Crippen molar-refractivity contribution in [1.29, 1.82) is 0 Å². The van der Waals surface area contributed by atoms with Crippen LogP contribution in [0.3, 0.4) is 0 Å². The molecule has 0 spiro atoms. The highest BCUT2D eigenvalue weighted by molar-refractivity contribution is 7.10. The van der Waals surface area contributed by atoms with Crippen LogP contribution in [0.25, 0.3) is 0 Å². The number of ether oxygens (including phenoxy) is 1. The summed E-state index contributed by atoms with van der Waals surface area (Å²) in [5.41, 5.74) is 1.08. The van der Waals surface area contributed by atoms with Gasteiger partial charge in [-0.25, -0.2) is 0 Å². The van der Waals surface area contributed by atoms with Gasteiger partial charge in [-0.2, -0.15) is 13.2 Å². The largest absolute Gasteiger partial charge is 0.411 e. The van der Waals surface area contributed by atoms with Crippen LogP contribution in [-0.2, 0) is 22.5 Å². The maximum Gasteiger partial charge on any atom is 0.411 e. The normalized spacial score (nSPS) is 17.2. The molecule has 1 aliphatic rings. The first-order valence-corrected chi connectivity index (χ1v) is 6.77. The zero-order valence-corrected chi connectivity index (χ0v) is 11.2. The maximum atomic E-state index is 12.0. The van der Waals surface area contributed by atoms with Crippen molar-refractivity contribution in [1.82, 2.24) is 4.90 Å². The number of hydrogen-bond donors (Lipinski definition) is 0. The van der Waals surface area contributed by atoms with Crippen LogP contribution in [0.2, 0.25) is 0 Å². The first kappa shape index (κ1) is 14.3. The molecule has 1 amide bonds. The van der Waals surface area contributed by atoms with E-state index in [9.17, 15) is 18.0 Å². The standard InChI is InChI=1S/C12H14F3NO2S/c1-8(18-7-12(13,14)15)11(17)16-4-2-10-9(6-16)3-5-19-10/h3,5,8H,2,4,6-7H2,1H3. The van der Waals surface area contributed by atoms with Gasteiger partial charge in [0.05, 0.1) is 0 Å². The molecule has 0 aromatic carbocycles. The lowest BCUT2D eigenvalue weighted by Gasteiger charge is -2.29. The SMILES string of the molecule is CC(OCC(F)(F)F)C(=O)N1CCc2sccc2C1. The second kappa shape index (κ2) is 5.50. The van der Waals surface area contributed by atoms with Gasteiger partial charge in [-0.05, 0) is 30.4 Å². The van der Waals surface area contributed by atoms with E-state index < -0.39 is 18.9 Å². The van der Waals surface area contributed by atoms with Crippen molar-refractivity contribution in [2.24, 2.45) is 0 Å². The molecule has 0 radical (unpaired) electrons. The molecule has 1 unspecified atom stereocenters. The average molecular weight is 293 g/mol. The molecule has 1 atom stereocenters. The first-order valence-electron chi connectivity index (χ1n) is 5.89. The van der Waals surface area contributed by atoms with E-state index in [4.69, 9.17) is 0 Å². The fourth-order valence-electron chi connectivity index (χ4n) is 1.98. The monoisotopic (exact) mass is 293 g/mol. The second-order valence-electron chi connectivity index (χ2n) is 4.45. The highest BCUT2D eigenvalue weighted by Gasteiger charge is 2.32. The number of alkyl halides is 3. The summed E-state index contributed by atoms with van der Waals surface area (Å²) in [6.07, 6.45) is -4.72. The number of thiophene rings is 1. The predicted octanol–water partition coefficient (Wildman–Crippen LogP) is 2.60. The van der Waals surface area contributed by atoms with Crippen molar-refractivity contribution in [3.05, 3.63) is 21.9 Å². The van der Waals surface area contributed by atoms with Crippen LogP contribution in [0.1, 0.15) is 17.4 Å². The molecule has 3 nitrogen and oxygen atoms in total. The molecule has 106 valence electrons. The summed E-state index contributed by atoms with van der Waals surface area (Å²) >= 11 is 1.64. The fourth-order valence-corrected chi connectivity index (χ4v) is 2.87. The fraction of sp³-hybridized carbons (Fsp3) is 0.583. The highest BCUT2D eigenvalue weighted by Crippen LogP contribution is 2.24. The van der Waals surface area contributed by atoms with Gasteiger partial charge < -0.3 is 9.64 Å². The number of rotatable bonds is 3. The van der Waals surface area contributed by atoms with E-state index in [1.807, 2.05) is 11.4 Å². The number of carbonyl (C=O) groups is 1. The van der Waals surface area contributed by atoms with E-state index in [2.05, 4.69) is 4.74 Å². The summed E-state index contributed by atoms with van der Waals surface area (Å²) < 4.78 is 40.7. The third-order valence-electron chi connectivity index (χ3n) is 2.96. The molecule has 2 rings (SSSR count). The molecule has 0 saturated carbocycles. The minimum Gasteiger partial charge on any atom is -0.359 e. The summed E-state index contributed by atoms with van der Waals surface area (Å²) in [6, 6.07) is 1.95. The lowest BCUT2D eigenvalue weighted by molar-refractivity contribution is -0.188. The van der Waals surface area contributed by atoms with E-state index in [-0.39, 0.29) is 5.91 Å². The zero-order valence-electron chi connectivity index (χ0n) is 10.4. The van der Waals surface area contributed by atoms with Crippen LogP contribution in [-0.4, -0.2) is 36.2 Å². The molecule has 19 heavy (non-hydrogen) atoms. The van der Waals surface area contributed by atoms with Gasteiger partial charge in [0.1, 0.15) is 12.7 Å². The van der Waals surface area contributed by atoms with Crippen LogP contribution < -0.4 is 0 Å². The minimum absolute atomic E-state index is 0.388. The smallest absolute Gasteiger partial charge is 0.359 e. The van der Waals surface area contributed by atoms with Crippen molar-refractivity contribution in [3.63, 3.8) is 0 Å². The first-order chi connectivity index (χ1) is 8.87. The Kier molecular flexibility index (Phi) is 4.15. The van der Waals surface area contributed by atoms with Gasteiger partial charge in [0.2, 0.25) is 0 Å². The Bertz CT molecular complexity index is 458. The van der Waals surface area contributed by atoms with Crippen LogP contribution in [0, 0.1) is 0 Å². The minimum atomic E-state index is -4.41. The summed E-state index contributed by atoms with van der Waals surface area (Å²) in [7, 11) is 0. The Labute approximate surface area is 113 Å². The van der Waals surface area contributed by atoms with Gasteiger partial charge in [0, 0.05) is 18.0 Å². The molecule has 7 heteroatoms. The molecule has 2 heterocycles. The second-order valence-corrected chi connectivity index (χ2v) is 5.45. The van der Waals surface area contributed by atoms with Crippen molar-refractivity contribution in [2.75, 3.05) is 13.2 Å². The van der Waals surface area contributed by atoms with Crippen LogP contribution in [0.5, 0.6) is 0 Å². The Morgan fingerprint density at radius 3 is 3.00 bits per heavy atom. The Morgan fingerprint density at radius 1 is 1.58 bits per heavy atom. The van der Waals surface area contributed by atoms with E-state index in [0.29, 0.717) is 13.1 Å². The van der Waals surface area contributed by atoms with Crippen molar-refractivity contribution in [3.8, 4) is 0 Å². The molecule has 0 aliphatic carbocycles. The summed E-state index contributed by atoms with van der Waals surface area (Å²) in [4.78, 5) is 14.8. The summed E-state index contributed by atoms with van der Waals surface area (Å²) in [5.74, 6) is -0.388.